The maximum absolute atomic E-state index is 4.52. The van der Waals surface area contributed by atoms with E-state index < -0.39 is 0 Å². The SMILES string of the molecule is c1cncc(-c2cncc3[nH]c(-c4n[nH]c5ncc(-c6cncnc6)cc45)cc23)c1. The molecule has 0 unspecified atom stereocenters. The van der Waals surface area contributed by atoms with E-state index in [1.807, 2.05) is 36.8 Å². The van der Waals surface area contributed by atoms with Crippen LogP contribution < -0.4 is 0 Å². The van der Waals surface area contributed by atoms with Crippen molar-refractivity contribution in [3.05, 3.63) is 74.0 Å². The van der Waals surface area contributed by atoms with Gasteiger partial charge in [0.15, 0.2) is 5.65 Å². The molecule has 6 heterocycles. The van der Waals surface area contributed by atoms with E-state index in [9.17, 15) is 0 Å². The quantitative estimate of drug-likeness (QED) is 0.472. The van der Waals surface area contributed by atoms with Gasteiger partial charge in [0.2, 0.25) is 0 Å². The number of fused-ring (bicyclic) bond motifs is 2. The van der Waals surface area contributed by atoms with Gasteiger partial charge in [-0.3, -0.25) is 15.1 Å². The first kappa shape index (κ1) is 16.5. The molecule has 0 saturated carbocycles. The van der Waals surface area contributed by atoms with Crippen LogP contribution in [0.15, 0.2) is 74.0 Å². The van der Waals surface area contributed by atoms with Gasteiger partial charge < -0.3 is 4.98 Å². The standard InChI is InChI=1S/C22H14N8/c1-2-13(6-23-3-1)18-10-24-11-20-16(18)5-19(28-20)21-17-4-14(9-27-22(17)30-29-21)15-7-25-12-26-8-15/h1-12,28H,(H,27,29,30). The Balaban J connectivity index is 1.52. The lowest BCUT2D eigenvalue weighted by atomic mass is 10.1. The van der Waals surface area contributed by atoms with Crippen LogP contribution in [-0.2, 0) is 0 Å². The van der Waals surface area contributed by atoms with Crippen LogP contribution in [0.4, 0.5) is 0 Å². The topological polar surface area (TPSA) is 109 Å². The number of aromatic nitrogens is 8. The van der Waals surface area contributed by atoms with E-state index in [1.165, 1.54) is 6.33 Å². The normalized spacial score (nSPS) is 11.3. The van der Waals surface area contributed by atoms with Crippen molar-refractivity contribution in [2.75, 3.05) is 0 Å². The van der Waals surface area contributed by atoms with Gasteiger partial charge in [-0.2, -0.15) is 5.10 Å². The Labute approximate surface area is 170 Å². The Morgan fingerprint density at radius 3 is 2.50 bits per heavy atom. The molecule has 30 heavy (non-hydrogen) atoms. The molecule has 8 nitrogen and oxygen atoms in total. The molecule has 0 aliphatic carbocycles. The summed E-state index contributed by atoms with van der Waals surface area (Å²) in [4.78, 5) is 24.8. The van der Waals surface area contributed by atoms with Crippen LogP contribution in [0.5, 0.6) is 0 Å². The number of aromatic amines is 2. The number of H-pyrrole nitrogens is 2. The minimum absolute atomic E-state index is 0.717. The fraction of sp³-hybridized carbons (Fsp3) is 0. The molecule has 2 N–H and O–H groups in total. The molecule has 0 spiro atoms. The minimum atomic E-state index is 0.717. The van der Waals surface area contributed by atoms with Gasteiger partial charge in [-0.05, 0) is 18.2 Å². The van der Waals surface area contributed by atoms with Crippen molar-refractivity contribution in [3.8, 4) is 33.6 Å². The molecule has 0 fully saturated rings. The van der Waals surface area contributed by atoms with Crippen LogP contribution in [0.25, 0.3) is 55.6 Å². The van der Waals surface area contributed by atoms with E-state index in [-0.39, 0.29) is 0 Å². The fourth-order valence-corrected chi connectivity index (χ4v) is 3.65. The van der Waals surface area contributed by atoms with Crippen molar-refractivity contribution in [1.82, 2.24) is 40.1 Å². The first-order valence-electron chi connectivity index (χ1n) is 9.34. The third-order valence-corrected chi connectivity index (χ3v) is 5.08. The van der Waals surface area contributed by atoms with Crippen molar-refractivity contribution in [3.63, 3.8) is 0 Å². The Kier molecular flexibility index (Phi) is 3.60. The first-order chi connectivity index (χ1) is 14.9. The zero-order valence-corrected chi connectivity index (χ0v) is 15.6. The molecule has 6 aromatic rings. The summed E-state index contributed by atoms with van der Waals surface area (Å²) in [5.74, 6) is 0. The second-order valence-corrected chi connectivity index (χ2v) is 6.89. The van der Waals surface area contributed by atoms with E-state index >= 15 is 0 Å². The summed E-state index contributed by atoms with van der Waals surface area (Å²) in [5.41, 5.74) is 7.20. The third kappa shape index (κ3) is 2.62. The van der Waals surface area contributed by atoms with Crippen LogP contribution in [0.2, 0.25) is 0 Å². The Bertz CT molecular complexity index is 1490. The number of pyridine rings is 3. The molecule has 142 valence electrons. The predicted octanol–water partition coefficient (Wildman–Crippen LogP) is 4.02. The molecular weight excluding hydrogens is 376 g/mol. The van der Waals surface area contributed by atoms with Gasteiger partial charge in [0.1, 0.15) is 12.0 Å². The molecule has 8 heteroatoms. The Morgan fingerprint density at radius 1 is 0.733 bits per heavy atom. The monoisotopic (exact) mass is 390 g/mol. The van der Waals surface area contributed by atoms with E-state index in [0.717, 1.165) is 55.6 Å². The van der Waals surface area contributed by atoms with Gasteiger partial charge in [-0.1, -0.05) is 6.07 Å². The fourth-order valence-electron chi connectivity index (χ4n) is 3.65. The molecule has 0 amide bonds. The zero-order valence-electron chi connectivity index (χ0n) is 15.6. The summed E-state index contributed by atoms with van der Waals surface area (Å²) in [6.07, 6.45) is 14.1. The highest BCUT2D eigenvalue weighted by Crippen LogP contribution is 2.33. The summed E-state index contributed by atoms with van der Waals surface area (Å²) in [6, 6.07) is 8.08. The molecule has 0 bridgehead atoms. The van der Waals surface area contributed by atoms with Gasteiger partial charge >= 0.3 is 0 Å². The van der Waals surface area contributed by atoms with Crippen LogP contribution >= 0.6 is 0 Å². The van der Waals surface area contributed by atoms with Crippen molar-refractivity contribution in [1.29, 1.82) is 0 Å². The van der Waals surface area contributed by atoms with Crippen LogP contribution in [-0.4, -0.2) is 40.1 Å². The molecule has 6 aromatic heterocycles. The number of hydrogen-bond acceptors (Lipinski definition) is 6. The zero-order chi connectivity index (χ0) is 19.9. The van der Waals surface area contributed by atoms with Crippen LogP contribution in [0, 0.1) is 0 Å². The lowest BCUT2D eigenvalue weighted by Crippen LogP contribution is -1.85. The van der Waals surface area contributed by atoms with E-state index in [2.05, 4.69) is 46.2 Å². The maximum atomic E-state index is 4.52. The molecule has 0 atom stereocenters. The predicted molar refractivity (Wildman–Crippen MR) is 113 cm³/mol. The molecule has 0 saturated heterocycles. The van der Waals surface area contributed by atoms with Crippen molar-refractivity contribution < 1.29 is 0 Å². The summed E-state index contributed by atoms with van der Waals surface area (Å²) in [6.45, 7) is 0. The number of nitrogens with one attached hydrogen (secondary N) is 2. The smallest absolute Gasteiger partial charge is 0.155 e. The minimum Gasteiger partial charge on any atom is -0.352 e. The highest BCUT2D eigenvalue weighted by Gasteiger charge is 2.15. The summed E-state index contributed by atoms with van der Waals surface area (Å²) >= 11 is 0. The van der Waals surface area contributed by atoms with Gasteiger partial charge in [-0.25, -0.2) is 15.0 Å². The lowest BCUT2D eigenvalue weighted by molar-refractivity contribution is 1.10. The lowest BCUT2D eigenvalue weighted by Gasteiger charge is -2.01. The van der Waals surface area contributed by atoms with E-state index in [0.29, 0.717) is 0 Å². The molecule has 0 aromatic carbocycles. The summed E-state index contributed by atoms with van der Waals surface area (Å²) < 4.78 is 0. The number of hydrogen-bond donors (Lipinski definition) is 2. The second-order valence-electron chi connectivity index (χ2n) is 6.89. The number of nitrogens with zero attached hydrogens (tertiary/aromatic N) is 6. The first-order valence-corrected chi connectivity index (χ1v) is 9.34. The largest absolute Gasteiger partial charge is 0.352 e. The maximum Gasteiger partial charge on any atom is 0.155 e. The summed E-state index contributed by atoms with van der Waals surface area (Å²) in [5, 5.41) is 9.51. The summed E-state index contributed by atoms with van der Waals surface area (Å²) in [7, 11) is 0. The second kappa shape index (κ2) is 6.56. The third-order valence-electron chi connectivity index (χ3n) is 5.08. The van der Waals surface area contributed by atoms with Crippen molar-refractivity contribution >= 4 is 21.9 Å². The highest BCUT2D eigenvalue weighted by atomic mass is 15.2. The van der Waals surface area contributed by atoms with Gasteiger partial charge in [0.05, 0.1) is 17.4 Å². The van der Waals surface area contributed by atoms with Crippen LogP contribution in [0.1, 0.15) is 0 Å². The van der Waals surface area contributed by atoms with Crippen molar-refractivity contribution in [2.45, 2.75) is 0 Å². The van der Waals surface area contributed by atoms with Gasteiger partial charge in [0, 0.05) is 70.2 Å². The molecule has 0 radical (unpaired) electrons. The van der Waals surface area contributed by atoms with E-state index in [1.54, 1.807) is 24.8 Å². The molecule has 0 aliphatic rings. The highest BCUT2D eigenvalue weighted by molar-refractivity contribution is 6.00. The van der Waals surface area contributed by atoms with Gasteiger partial charge in [0.25, 0.3) is 0 Å². The molecule has 6 rings (SSSR count). The average molecular weight is 390 g/mol. The molecular formula is C22H14N8. The molecule has 0 aliphatic heterocycles. The van der Waals surface area contributed by atoms with Crippen LogP contribution in [0.3, 0.4) is 0 Å². The van der Waals surface area contributed by atoms with Crippen molar-refractivity contribution in [2.24, 2.45) is 0 Å². The van der Waals surface area contributed by atoms with Gasteiger partial charge in [-0.15, -0.1) is 0 Å². The number of rotatable bonds is 3. The van der Waals surface area contributed by atoms with E-state index in [4.69, 9.17) is 0 Å². The Morgan fingerprint density at radius 2 is 1.63 bits per heavy atom. The Hall–Kier alpha value is -4.46. The average Bonchev–Trinajstić information content (AvgIpc) is 3.43.